The topological polar surface area (TPSA) is 86.8 Å². The second-order valence-corrected chi connectivity index (χ2v) is 8.38. The Kier molecular flexibility index (Phi) is 5.39. The summed E-state index contributed by atoms with van der Waals surface area (Å²) in [5.41, 5.74) is 0. The number of benzene rings is 1. The molecule has 0 spiro atoms. The van der Waals surface area contributed by atoms with Crippen molar-refractivity contribution in [3.05, 3.63) is 30.3 Å². The van der Waals surface area contributed by atoms with Crippen LogP contribution in [0.3, 0.4) is 0 Å². The molecule has 1 saturated carbocycles. The van der Waals surface area contributed by atoms with E-state index >= 15 is 0 Å². The fraction of sp³-hybridized carbons (Fsp3) is 0.529. The lowest BCUT2D eigenvalue weighted by Crippen LogP contribution is -2.50. The van der Waals surface area contributed by atoms with E-state index in [2.05, 4.69) is 5.32 Å². The summed E-state index contributed by atoms with van der Waals surface area (Å²) in [6.45, 7) is 1.26. The number of carbonyl (C=O) groups is 2. The van der Waals surface area contributed by atoms with Gasteiger partial charge in [-0.25, -0.2) is 8.42 Å². The van der Waals surface area contributed by atoms with Gasteiger partial charge in [0.15, 0.2) is 0 Å². The van der Waals surface area contributed by atoms with Crippen molar-refractivity contribution in [3.8, 4) is 0 Å². The first kappa shape index (κ1) is 17.9. The van der Waals surface area contributed by atoms with Crippen molar-refractivity contribution in [3.63, 3.8) is 0 Å². The van der Waals surface area contributed by atoms with E-state index in [4.69, 9.17) is 0 Å². The molecule has 3 rings (SSSR count). The van der Waals surface area contributed by atoms with E-state index in [1.165, 1.54) is 4.31 Å². The highest BCUT2D eigenvalue weighted by Gasteiger charge is 2.30. The number of amides is 2. The van der Waals surface area contributed by atoms with Gasteiger partial charge in [-0.05, 0) is 25.0 Å². The predicted octanol–water partition coefficient (Wildman–Crippen LogP) is 0.578. The smallest absolute Gasteiger partial charge is 0.243 e. The normalized spacial score (nSPS) is 18.8. The summed E-state index contributed by atoms with van der Waals surface area (Å²) >= 11 is 0. The Hall–Kier alpha value is -1.93. The Labute approximate surface area is 148 Å². The van der Waals surface area contributed by atoms with Crippen molar-refractivity contribution in [1.82, 2.24) is 14.5 Å². The van der Waals surface area contributed by atoms with E-state index in [1.54, 1.807) is 35.2 Å². The minimum atomic E-state index is -3.51. The highest BCUT2D eigenvalue weighted by atomic mass is 32.2. The Morgan fingerprint density at radius 2 is 1.64 bits per heavy atom. The molecule has 1 N–H and O–H groups in total. The van der Waals surface area contributed by atoms with Crippen LogP contribution in [0, 0.1) is 0 Å². The van der Waals surface area contributed by atoms with Gasteiger partial charge in [0, 0.05) is 45.1 Å². The molecular formula is C17H23N3O4S. The third-order valence-corrected chi connectivity index (χ3v) is 6.39. The summed E-state index contributed by atoms with van der Waals surface area (Å²) in [5.74, 6) is -0.177. The number of carbonyl (C=O) groups excluding carboxylic acids is 2. The van der Waals surface area contributed by atoms with Gasteiger partial charge >= 0.3 is 0 Å². The molecule has 136 valence electrons. The van der Waals surface area contributed by atoms with Crippen LogP contribution in [0.4, 0.5) is 0 Å². The van der Waals surface area contributed by atoms with Gasteiger partial charge in [0.2, 0.25) is 21.8 Å². The number of hydrogen-bond donors (Lipinski definition) is 1. The van der Waals surface area contributed by atoms with Gasteiger partial charge < -0.3 is 10.2 Å². The Morgan fingerprint density at radius 3 is 2.24 bits per heavy atom. The number of sulfonamides is 1. The molecule has 1 saturated heterocycles. The molecule has 7 nitrogen and oxygen atoms in total. The number of nitrogens with zero attached hydrogens (tertiary/aromatic N) is 2. The lowest BCUT2D eigenvalue weighted by atomic mass is 10.2. The highest BCUT2D eigenvalue weighted by molar-refractivity contribution is 7.89. The summed E-state index contributed by atoms with van der Waals surface area (Å²) in [6, 6.07) is 8.61. The lowest BCUT2D eigenvalue weighted by molar-refractivity contribution is -0.134. The number of rotatable bonds is 6. The lowest BCUT2D eigenvalue weighted by Gasteiger charge is -2.34. The van der Waals surface area contributed by atoms with Gasteiger partial charge in [0.05, 0.1) is 4.90 Å². The third-order valence-electron chi connectivity index (χ3n) is 4.48. The summed E-state index contributed by atoms with van der Waals surface area (Å²) in [7, 11) is -3.51. The van der Waals surface area contributed by atoms with Gasteiger partial charge in [-0.2, -0.15) is 4.31 Å². The fourth-order valence-corrected chi connectivity index (χ4v) is 4.27. The highest BCUT2D eigenvalue weighted by Crippen LogP contribution is 2.19. The molecule has 0 aromatic heterocycles. The molecule has 8 heteroatoms. The second-order valence-electron chi connectivity index (χ2n) is 6.44. The molecule has 0 radical (unpaired) electrons. The number of nitrogens with one attached hydrogen (secondary N) is 1. The van der Waals surface area contributed by atoms with Crippen LogP contribution in [0.25, 0.3) is 0 Å². The first-order valence-electron chi connectivity index (χ1n) is 8.59. The van der Waals surface area contributed by atoms with Crippen LogP contribution in [0.15, 0.2) is 35.2 Å². The standard InChI is InChI=1S/C17H23N3O4S/c21-16(18-14-6-7-14)8-9-17(22)19-10-12-20(13-11-19)25(23,24)15-4-2-1-3-5-15/h1-5,14H,6-13H2,(H,18,21). The molecule has 1 aliphatic heterocycles. The predicted molar refractivity (Wildman–Crippen MR) is 92.2 cm³/mol. The third kappa shape index (κ3) is 4.58. The first-order chi connectivity index (χ1) is 12.0. The van der Waals surface area contributed by atoms with Crippen molar-refractivity contribution in [2.24, 2.45) is 0 Å². The van der Waals surface area contributed by atoms with Crippen LogP contribution in [0.5, 0.6) is 0 Å². The van der Waals surface area contributed by atoms with Crippen molar-refractivity contribution >= 4 is 21.8 Å². The molecule has 1 aliphatic carbocycles. The maximum Gasteiger partial charge on any atom is 0.243 e. The first-order valence-corrected chi connectivity index (χ1v) is 10.0. The van der Waals surface area contributed by atoms with Gasteiger partial charge in [0.25, 0.3) is 0 Å². The molecule has 1 heterocycles. The number of piperazine rings is 1. The molecule has 2 amide bonds. The van der Waals surface area contributed by atoms with Crippen LogP contribution in [-0.2, 0) is 19.6 Å². The molecule has 0 bridgehead atoms. The van der Waals surface area contributed by atoms with Crippen molar-refractivity contribution in [1.29, 1.82) is 0 Å². The summed E-state index contributed by atoms with van der Waals surface area (Å²) in [5, 5.41) is 2.86. The average Bonchev–Trinajstić information content (AvgIpc) is 3.44. The fourth-order valence-electron chi connectivity index (χ4n) is 2.83. The van der Waals surface area contributed by atoms with Crippen molar-refractivity contribution in [2.75, 3.05) is 26.2 Å². The van der Waals surface area contributed by atoms with Gasteiger partial charge in [-0.1, -0.05) is 18.2 Å². The molecular weight excluding hydrogens is 342 g/mol. The molecule has 0 atom stereocenters. The van der Waals surface area contributed by atoms with E-state index < -0.39 is 10.0 Å². The van der Waals surface area contributed by atoms with Crippen LogP contribution in [0.1, 0.15) is 25.7 Å². The van der Waals surface area contributed by atoms with Crippen LogP contribution >= 0.6 is 0 Å². The molecule has 2 aliphatic rings. The maximum absolute atomic E-state index is 12.6. The molecule has 2 fully saturated rings. The van der Waals surface area contributed by atoms with E-state index in [0.29, 0.717) is 19.1 Å². The largest absolute Gasteiger partial charge is 0.353 e. The molecule has 1 aromatic rings. The minimum absolute atomic E-state index is 0.0823. The average molecular weight is 365 g/mol. The van der Waals surface area contributed by atoms with E-state index in [1.807, 2.05) is 0 Å². The summed E-state index contributed by atoms with van der Waals surface area (Å²) < 4.78 is 26.5. The maximum atomic E-state index is 12.6. The molecule has 25 heavy (non-hydrogen) atoms. The zero-order valence-corrected chi connectivity index (χ0v) is 14.9. The van der Waals surface area contributed by atoms with Crippen molar-refractivity contribution < 1.29 is 18.0 Å². The SMILES string of the molecule is O=C(CCC(=O)N1CCN(S(=O)(=O)c2ccccc2)CC1)NC1CC1. The van der Waals surface area contributed by atoms with Crippen molar-refractivity contribution in [2.45, 2.75) is 36.6 Å². The number of hydrogen-bond acceptors (Lipinski definition) is 4. The quantitative estimate of drug-likeness (QED) is 0.799. The molecule has 1 aromatic carbocycles. The van der Waals surface area contributed by atoms with Gasteiger partial charge in [-0.15, -0.1) is 0 Å². The second kappa shape index (κ2) is 7.53. The van der Waals surface area contributed by atoms with Gasteiger partial charge in [0.1, 0.15) is 0 Å². The van der Waals surface area contributed by atoms with Crippen LogP contribution in [0.2, 0.25) is 0 Å². The summed E-state index contributed by atoms with van der Waals surface area (Å²) in [6.07, 6.45) is 2.41. The Balaban J connectivity index is 1.47. The zero-order chi connectivity index (χ0) is 17.9. The minimum Gasteiger partial charge on any atom is -0.353 e. The summed E-state index contributed by atoms with van der Waals surface area (Å²) in [4.78, 5) is 25.8. The van der Waals surface area contributed by atoms with E-state index in [-0.39, 0.29) is 42.6 Å². The van der Waals surface area contributed by atoms with Gasteiger partial charge in [-0.3, -0.25) is 9.59 Å². The van der Waals surface area contributed by atoms with E-state index in [0.717, 1.165) is 12.8 Å². The van der Waals surface area contributed by atoms with Crippen LogP contribution < -0.4 is 5.32 Å². The monoisotopic (exact) mass is 365 g/mol. The Morgan fingerprint density at radius 1 is 1.00 bits per heavy atom. The molecule has 0 unspecified atom stereocenters. The Bertz CT molecular complexity index is 724. The van der Waals surface area contributed by atoms with E-state index in [9.17, 15) is 18.0 Å². The van der Waals surface area contributed by atoms with Crippen LogP contribution in [-0.4, -0.2) is 61.7 Å². The zero-order valence-electron chi connectivity index (χ0n) is 14.1.